The van der Waals surface area contributed by atoms with E-state index in [0.29, 0.717) is 17.2 Å². The molecule has 3 rings (SSSR count). The first kappa shape index (κ1) is 19.0. The largest absolute Gasteiger partial charge is 0.365 e. The second-order valence-corrected chi connectivity index (χ2v) is 7.29. The molecule has 0 atom stereocenters. The fourth-order valence-corrected chi connectivity index (χ4v) is 3.28. The molecule has 2 aromatic rings. The molecular weight excluding hydrogens is 338 g/mol. The molecule has 1 saturated heterocycles. The number of nitrogens with one attached hydrogen (secondary N) is 1. The Bertz CT molecular complexity index is 766. The van der Waals surface area contributed by atoms with Crippen molar-refractivity contribution in [3.05, 3.63) is 60.2 Å². The van der Waals surface area contributed by atoms with Crippen molar-refractivity contribution in [2.45, 2.75) is 19.8 Å². The van der Waals surface area contributed by atoms with Crippen molar-refractivity contribution < 1.29 is 9.59 Å². The van der Waals surface area contributed by atoms with Crippen LogP contribution in [0, 0.1) is 5.92 Å². The van der Waals surface area contributed by atoms with Gasteiger partial charge in [-0.05, 0) is 55.2 Å². The summed E-state index contributed by atoms with van der Waals surface area (Å²) in [7, 11) is 1.89. The molecule has 5 nitrogen and oxygen atoms in total. The first-order valence-corrected chi connectivity index (χ1v) is 9.48. The van der Waals surface area contributed by atoms with Crippen LogP contribution in [0.2, 0.25) is 0 Å². The van der Waals surface area contributed by atoms with Crippen LogP contribution >= 0.6 is 0 Å². The highest BCUT2D eigenvalue weighted by molar-refractivity contribution is 5.96. The minimum atomic E-state index is -0.0922. The minimum absolute atomic E-state index is 0.0728. The summed E-state index contributed by atoms with van der Waals surface area (Å²) in [5.41, 5.74) is 2.36. The Balaban J connectivity index is 1.54. The summed E-state index contributed by atoms with van der Waals surface area (Å²) in [6, 6.07) is 16.9. The van der Waals surface area contributed by atoms with Gasteiger partial charge in [0.2, 0.25) is 5.91 Å². The SMILES string of the molecule is CC1CCN(C(=O)c2ccc(NC(=O)CN(C)c3ccccc3)cc2)CC1. The number of hydrogen-bond donors (Lipinski definition) is 1. The van der Waals surface area contributed by atoms with E-state index in [9.17, 15) is 9.59 Å². The molecule has 5 heteroatoms. The summed E-state index contributed by atoms with van der Waals surface area (Å²) in [6.07, 6.45) is 2.13. The molecule has 1 fully saturated rings. The fourth-order valence-electron chi connectivity index (χ4n) is 3.28. The van der Waals surface area contributed by atoms with Gasteiger partial charge >= 0.3 is 0 Å². The van der Waals surface area contributed by atoms with E-state index < -0.39 is 0 Å². The highest BCUT2D eigenvalue weighted by Gasteiger charge is 2.21. The maximum absolute atomic E-state index is 12.6. The van der Waals surface area contributed by atoms with Crippen molar-refractivity contribution >= 4 is 23.2 Å². The Morgan fingerprint density at radius 1 is 1.04 bits per heavy atom. The van der Waals surface area contributed by atoms with Gasteiger partial charge in [-0.2, -0.15) is 0 Å². The van der Waals surface area contributed by atoms with Crippen LogP contribution in [0.5, 0.6) is 0 Å². The molecule has 2 amide bonds. The zero-order valence-electron chi connectivity index (χ0n) is 16.0. The Hall–Kier alpha value is -2.82. The second-order valence-electron chi connectivity index (χ2n) is 7.29. The maximum Gasteiger partial charge on any atom is 0.253 e. The molecular formula is C22H27N3O2. The van der Waals surface area contributed by atoms with Crippen LogP contribution in [-0.2, 0) is 4.79 Å². The van der Waals surface area contributed by atoms with Crippen molar-refractivity contribution in [2.24, 2.45) is 5.92 Å². The summed E-state index contributed by atoms with van der Waals surface area (Å²) in [5.74, 6) is 0.676. The molecule has 1 N–H and O–H groups in total. The Labute approximate surface area is 161 Å². The summed E-state index contributed by atoms with van der Waals surface area (Å²) in [5, 5.41) is 2.89. The molecule has 1 heterocycles. The standard InChI is InChI=1S/C22H27N3O2/c1-17-12-14-25(15-13-17)22(27)18-8-10-19(11-9-18)23-21(26)16-24(2)20-6-4-3-5-7-20/h3-11,17H,12-16H2,1-2H3,(H,23,26). The Morgan fingerprint density at radius 2 is 1.67 bits per heavy atom. The van der Waals surface area contributed by atoms with E-state index >= 15 is 0 Å². The van der Waals surface area contributed by atoms with Crippen molar-refractivity contribution in [2.75, 3.05) is 36.9 Å². The number of benzene rings is 2. The minimum Gasteiger partial charge on any atom is -0.365 e. The summed E-state index contributed by atoms with van der Waals surface area (Å²) in [4.78, 5) is 28.7. The number of carbonyl (C=O) groups is 2. The quantitative estimate of drug-likeness (QED) is 0.880. The fraction of sp³-hybridized carbons (Fsp3) is 0.364. The molecule has 1 aliphatic heterocycles. The van der Waals surface area contributed by atoms with Gasteiger partial charge in [-0.3, -0.25) is 9.59 Å². The third-order valence-corrected chi connectivity index (χ3v) is 5.06. The lowest BCUT2D eigenvalue weighted by molar-refractivity contribution is -0.114. The number of hydrogen-bond acceptors (Lipinski definition) is 3. The number of carbonyl (C=O) groups excluding carboxylic acids is 2. The molecule has 1 aliphatic rings. The van der Waals surface area contributed by atoms with E-state index in [1.165, 1.54) is 0 Å². The van der Waals surface area contributed by atoms with Gasteiger partial charge in [0.25, 0.3) is 5.91 Å². The van der Waals surface area contributed by atoms with Crippen molar-refractivity contribution in [1.82, 2.24) is 4.90 Å². The van der Waals surface area contributed by atoms with E-state index in [0.717, 1.165) is 31.6 Å². The number of likely N-dealkylation sites (N-methyl/N-ethyl adjacent to an activating group) is 1. The summed E-state index contributed by atoms with van der Waals surface area (Å²) < 4.78 is 0. The Kier molecular flexibility index (Phi) is 6.12. The van der Waals surface area contributed by atoms with Crippen molar-refractivity contribution in [3.63, 3.8) is 0 Å². The number of rotatable bonds is 5. The lowest BCUT2D eigenvalue weighted by atomic mass is 9.98. The van der Waals surface area contributed by atoms with E-state index in [2.05, 4.69) is 12.2 Å². The normalized spacial score (nSPS) is 14.7. The number of likely N-dealkylation sites (tertiary alicyclic amines) is 1. The number of piperidine rings is 1. The van der Waals surface area contributed by atoms with E-state index in [4.69, 9.17) is 0 Å². The van der Waals surface area contributed by atoms with E-state index in [1.54, 1.807) is 24.3 Å². The van der Waals surface area contributed by atoms with Crippen molar-refractivity contribution in [1.29, 1.82) is 0 Å². The van der Waals surface area contributed by atoms with Gasteiger partial charge in [-0.15, -0.1) is 0 Å². The highest BCUT2D eigenvalue weighted by Crippen LogP contribution is 2.19. The molecule has 142 valence electrons. The maximum atomic E-state index is 12.6. The molecule has 0 bridgehead atoms. The average Bonchev–Trinajstić information content (AvgIpc) is 2.69. The monoisotopic (exact) mass is 365 g/mol. The van der Waals surface area contributed by atoms with Crippen LogP contribution < -0.4 is 10.2 Å². The lowest BCUT2D eigenvalue weighted by Gasteiger charge is -2.30. The molecule has 27 heavy (non-hydrogen) atoms. The molecule has 0 saturated carbocycles. The van der Waals surface area contributed by atoms with Gasteiger partial charge in [0, 0.05) is 37.1 Å². The summed E-state index contributed by atoms with van der Waals surface area (Å²) in [6.45, 7) is 4.14. The predicted octanol–water partition coefficient (Wildman–Crippen LogP) is 3.63. The average molecular weight is 365 g/mol. The van der Waals surface area contributed by atoms with Gasteiger partial charge in [0.1, 0.15) is 0 Å². The van der Waals surface area contributed by atoms with Crippen LogP contribution in [0.3, 0.4) is 0 Å². The third-order valence-electron chi connectivity index (χ3n) is 5.06. The van der Waals surface area contributed by atoms with Crippen LogP contribution in [0.25, 0.3) is 0 Å². The molecule has 2 aromatic carbocycles. The molecule has 0 aliphatic carbocycles. The number of para-hydroxylation sites is 1. The molecule has 0 aromatic heterocycles. The van der Waals surface area contributed by atoms with Crippen LogP contribution in [-0.4, -0.2) is 43.4 Å². The molecule has 0 radical (unpaired) electrons. The highest BCUT2D eigenvalue weighted by atomic mass is 16.2. The zero-order chi connectivity index (χ0) is 19.2. The van der Waals surface area contributed by atoms with E-state index in [1.807, 2.05) is 47.2 Å². The second kappa shape index (κ2) is 8.71. The van der Waals surface area contributed by atoms with Gasteiger partial charge in [-0.1, -0.05) is 25.1 Å². The van der Waals surface area contributed by atoms with Crippen LogP contribution in [0.4, 0.5) is 11.4 Å². The van der Waals surface area contributed by atoms with Crippen LogP contribution in [0.1, 0.15) is 30.1 Å². The summed E-state index contributed by atoms with van der Waals surface area (Å²) >= 11 is 0. The lowest BCUT2D eigenvalue weighted by Crippen LogP contribution is -2.37. The Morgan fingerprint density at radius 3 is 2.30 bits per heavy atom. The number of anilines is 2. The van der Waals surface area contributed by atoms with Gasteiger partial charge in [-0.25, -0.2) is 0 Å². The van der Waals surface area contributed by atoms with E-state index in [-0.39, 0.29) is 18.4 Å². The topological polar surface area (TPSA) is 52.7 Å². The third kappa shape index (κ3) is 5.09. The van der Waals surface area contributed by atoms with Gasteiger partial charge in [0.15, 0.2) is 0 Å². The zero-order valence-corrected chi connectivity index (χ0v) is 16.0. The van der Waals surface area contributed by atoms with Gasteiger partial charge in [0.05, 0.1) is 6.54 Å². The number of nitrogens with zero attached hydrogens (tertiary/aromatic N) is 2. The van der Waals surface area contributed by atoms with Crippen LogP contribution in [0.15, 0.2) is 54.6 Å². The van der Waals surface area contributed by atoms with Crippen molar-refractivity contribution in [3.8, 4) is 0 Å². The number of amides is 2. The molecule has 0 spiro atoms. The predicted molar refractivity (Wildman–Crippen MR) is 109 cm³/mol. The first-order valence-electron chi connectivity index (χ1n) is 9.48. The molecule has 0 unspecified atom stereocenters. The smallest absolute Gasteiger partial charge is 0.253 e. The first-order chi connectivity index (χ1) is 13.0. The van der Waals surface area contributed by atoms with Gasteiger partial charge < -0.3 is 15.1 Å².